The molecule has 1 aliphatic heterocycles. The second-order valence-electron chi connectivity index (χ2n) is 5.06. The first-order valence-corrected chi connectivity index (χ1v) is 9.75. The fourth-order valence-electron chi connectivity index (χ4n) is 2.58. The lowest BCUT2D eigenvalue weighted by atomic mass is 10.1. The number of amidine groups is 1. The lowest BCUT2D eigenvalue weighted by Crippen LogP contribution is -2.49. The highest BCUT2D eigenvalue weighted by Crippen LogP contribution is 2.32. The molecule has 0 amide bonds. The van der Waals surface area contributed by atoms with E-state index in [1.54, 1.807) is 24.8 Å². The van der Waals surface area contributed by atoms with Crippen LogP contribution in [-0.4, -0.2) is 43.4 Å². The number of nitrogens with two attached hydrogens (primary N) is 1. The summed E-state index contributed by atoms with van der Waals surface area (Å²) in [6, 6.07) is 5.55. The Kier molecular flexibility index (Phi) is 4.83. The van der Waals surface area contributed by atoms with Crippen molar-refractivity contribution in [1.29, 1.82) is 5.41 Å². The topological polar surface area (TPSA) is 87.2 Å². The standard InChI is InChI=1S/C14H21N3O2S2/c1-3-21(18,19)12-9-20-8-7-17(12)13-10(2)5-4-6-11(13)14(15)16/h4-6,12H,3,7-9H2,1-2H3,(H3,15,16). The number of hydrogen-bond donors (Lipinski definition) is 2. The molecule has 0 bridgehead atoms. The van der Waals surface area contributed by atoms with Crippen LogP contribution >= 0.6 is 11.8 Å². The van der Waals surface area contributed by atoms with E-state index in [-0.39, 0.29) is 11.6 Å². The van der Waals surface area contributed by atoms with Crippen LogP contribution in [0.5, 0.6) is 0 Å². The highest BCUT2D eigenvalue weighted by molar-refractivity contribution is 8.01. The van der Waals surface area contributed by atoms with Gasteiger partial charge in [-0.25, -0.2) is 8.42 Å². The SMILES string of the molecule is CCS(=O)(=O)C1CSCCN1c1c(C)cccc1C(=N)N. The summed E-state index contributed by atoms with van der Waals surface area (Å²) >= 11 is 1.66. The van der Waals surface area contributed by atoms with Crippen LogP contribution < -0.4 is 10.6 Å². The molecule has 3 N–H and O–H groups in total. The normalized spacial score (nSPS) is 19.5. The molecule has 1 atom stereocenters. The predicted molar refractivity (Wildman–Crippen MR) is 90.1 cm³/mol. The second-order valence-corrected chi connectivity index (χ2v) is 8.66. The number of sulfone groups is 1. The van der Waals surface area contributed by atoms with Crippen LogP contribution in [0.15, 0.2) is 18.2 Å². The first-order valence-electron chi connectivity index (χ1n) is 6.88. The molecular formula is C14H21N3O2S2. The fraction of sp³-hybridized carbons (Fsp3) is 0.500. The molecule has 0 aromatic heterocycles. The van der Waals surface area contributed by atoms with Crippen LogP contribution in [-0.2, 0) is 9.84 Å². The highest BCUT2D eigenvalue weighted by atomic mass is 32.2. The number of anilines is 1. The summed E-state index contributed by atoms with van der Waals surface area (Å²) < 4.78 is 24.8. The maximum atomic E-state index is 12.4. The average Bonchev–Trinajstić information content (AvgIpc) is 2.47. The number of hydrogen-bond acceptors (Lipinski definition) is 5. The molecular weight excluding hydrogens is 306 g/mol. The van der Waals surface area contributed by atoms with Crippen LogP contribution in [0.1, 0.15) is 18.1 Å². The van der Waals surface area contributed by atoms with Gasteiger partial charge < -0.3 is 10.6 Å². The number of nitrogen functional groups attached to an aromatic ring is 1. The van der Waals surface area contributed by atoms with Crippen molar-refractivity contribution in [2.75, 3.05) is 28.7 Å². The zero-order valence-corrected chi connectivity index (χ0v) is 13.9. The zero-order chi connectivity index (χ0) is 15.6. The summed E-state index contributed by atoms with van der Waals surface area (Å²) in [4.78, 5) is 1.92. The fourth-order valence-corrected chi connectivity index (χ4v) is 5.56. The van der Waals surface area contributed by atoms with Crippen molar-refractivity contribution in [3.8, 4) is 0 Å². The van der Waals surface area contributed by atoms with Gasteiger partial charge in [-0.3, -0.25) is 5.41 Å². The number of aryl methyl sites for hydroxylation is 1. The molecule has 5 nitrogen and oxygen atoms in total. The molecule has 0 spiro atoms. The smallest absolute Gasteiger partial charge is 0.171 e. The molecule has 116 valence electrons. The molecule has 1 aromatic carbocycles. The van der Waals surface area contributed by atoms with E-state index in [1.807, 2.05) is 24.0 Å². The van der Waals surface area contributed by atoms with E-state index in [0.717, 1.165) is 17.0 Å². The largest absolute Gasteiger partial charge is 0.384 e. The van der Waals surface area contributed by atoms with Gasteiger partial charge in [0.25, 0.3) is 0 Å². The van der Waals surface area contributed by atoms with E-state index in [9.17, 15) is 8.42 Å². The molecule has 1 heterocycles. The summed E-state index contributed by atoms with van der Waals surface area (Å²) in [5.74, 6) is 1.53. The second kappa shape index (κ2) is 6.27. The molecule has 1 aromatic rings. The number of nitrogens with one attached hydrogen (secondary N) is 1. The van der Waals surface area contributed by atoms with Crippen LogP contribution in [0.2, 0.25) is 0 Å². The number of para-hydroxylation sites is 1. The Bertz CT molecular complexity index is 644. The van der Waals surface area contributed by atoms with Gasteiger partial charge in [0.15, 0.2) is 9.84 Å². The molecule has 0 radical (unpaired) electrons. The molecule has 1 fully saturated rings. The molecule has 1 aliphatic rings. The minimum atomic E-state index is -3.18. The van der Waals surface area contributed by atoms with Crippen LogP contribution in [0, 0.1) is 12.3 Å². The third-order valence-electron chi connectivity index (χ3n) is 3.72. The number of rotatable bonds is 4. The molecule has 1 saturated heterocycles. The van der Waals surface area contributed by atoms with Crippen molar-refractivity contribution in [1.82, 2.24) is 0 Å². The van der Waals surface area contributed by atoms with E-state index in [2.05, 4.69) is 0 Å². The Morgan fingerprint density at radius 3 is 2.86 bits per heavy atom. The predicted octanol–water partition coefficient (Wildman–Crippen LogP) is 1.59. The Balaban J connectivity index is 2.55. The van der Waals surface area contributed by atoms with Gasteiger partial charge in [-0.2, -0.15) is 11.8 Å². The monoisotopic (exact) mass is 327 g/mol. The van der Waals surface area contributed by atoms with Gasteiger partial charge in [0.05, 0.1) is 5.69 Å². The Hall–Kier alpha value is -1.21. The minimum absolute atomic E-state index is 0.0282. The lowest BCUT2D eigenvalue weighted by Gasteiger charge is -2.38. The number of benzene rings is 1. The van der Waals surface area contributed by atoms with Crippen molar-refractivity contribution in [2.45, 2.75) is 19.2 Å². The molecule has 2 rings (SSSR count). The van der Waals surface area contributed by atoms with E-state index in [1.165, 1.54) is 0 Å². The maximum Gasteiger partial charge on any atom is 0.171 e. The van der Waals surface area contributed by atoms with Crippen molar-refractivity contribution < 1.29 is 8.42 Å². The molecule has 1 unspecified atom stereocenters. The summed E-state index contributed by atoms with van der Waals surface area (Å²) in [5.41, 5.74) is 8.02. The first kappa shape index (κ1) is 16.2. The van der Waals surface area contributed by atoms with Crippen LogP contribution in [0.4, 0.5) is 5.69 Å². The quantitative estimate of drug-likeness (QED) is 0.648. The van der Waals surface area contributed by atoms with Gasteiger partial charge in [-0.05, 0) is 18.6 Å². The molecule has 0 saturated carbocycles. The first-order chi connectivity index (χ1) is 9.88. The summed E-state index contributed by atoms with van der Waals surface area (Å²) in [6.45, 7) is 4.26. The molecule has 7 heteroatoms. The third-order valence-corrected chi connectivity index (χ3v) is 7.01. The summed E-state index contributed by atoms with van der Waals surface area (Å²) in [5, 5.41) is 7.21. The van der Waals surface area contributed by atoms with E-state index >= 15 is 0 Å². The molecule has 21 heavy (non-hydrogen) atoms. The Morgan fingerprint density at radius 2 is 2.24 bits per heavy atom. The van der Waals surface area contributed by atoms with Crippen molar-refractivity contribution in [2.24, 2.45) is 5.73 Å². The van der Waals surface area contributed by atoms with E-state index in [4.69, 9.17) is 11.1 Å². The van der Waals surface area contributed by atoms with E-state index in [0.29, 0.717) is 17.9 Å². The lowest BCUT2D eigenvalue weighted by molar-refractivity contribution is 0.579. The Labute approximate surface area is 130 Å². The Morgan fingerprint density at radius 1 is 1.52 bits per heavy atom. The van der Waals surface area contributed by atoms with E-state index < -0.39 is 15.2 Å². The minimum Gasteiger partial charge on any atom is -0.384 e. The van der Waals surface area contributed by atoms with Gasteiger partial charge in [-0.1, -0.05) is 19.1 Å². The zero-order valence-electron chi connectivity index (χ0n) is 12.3. The van der Waals surface area contributed by atoms with Gasteiger partial charge >= 0.3 is 0 Å². The average molecular weight is 327 g/mol. The summed E-state index contributed by atoms with van der Waals surface area (Å²) in [7, 11) is -3.18. The van der Waals surface area contributed by atoms with Gasteiger partial charge in [0, 0.05) is 29.4 Å². The van der Waals surface area contributed by atoms with Crippen molar-refractivity contribution in [3.05, 3.63) is 29.3 Å². The van der Waals surface area contributed by atoms with Gasteiger partial charge in [0.1, 0.15) is 11.2 Å². The maximum absolute atomic E-state index is 12.4. The van der Waals surface area contributed by atoms with Crippen molar-refractivity contribution >= 4 is 33.1 Å². The van der Waals surface area contributed by atoms with Gasteiger partial charge in [-0.15, -0.1) is 0 Å². The third kappa shape index (κ3) is 3.18. The highest BCUT2D eigenvalue weighted by Gasteiger charge is 2.34. The van der Waals surface area contributed by atoms with Crippen LogP contribution in [0.25, 0.3) is 0 Å². The molecule has 0 aliphatic carbocycles. The van der Waals surface area contributed by atoms with Crippen LogP contribution in [0.3, 0.4) is 0 Å². The van der Waals surface area contributed by atoms with Crippen molar-refractivity contribution in [3.63, 3.8) is 0 Å². The number of thioether (sulfide) groups is 1. The summed E-state index contributed by atoms with van der Waals surface area (Å²) in [6.07, 6.45) is 0. The van der Waals surface area contributed by atoms with Gasteiger partial charge in [0.2, 0.25) is 0 Å². The number of nitrogens with zero attached hydrogens (tertiary/aromatic N) is 1.